The Bertz CT molecular complexity index is 326. The highest BCUT2D eigenvalue weighted by Gasteiger charge is 2.28. The van der Waals surface area contributed by atoms with Crippen LogP contribution in [0, 0.1) is 5.92 Å². The topological polar surface area (TPSA) is 49.6 Å². The van der Waals surface area contributed by atoms with Gasteiger partial charge in [0.05, 0.1) is 6.54 Å². The van der Waals surface area contributed by atoms with Gasteiger partial charge in [-0.15, -0.1) is 0 Å². The molecule has 2 fully saturated rings. The Labute approximate surface area is 130 Å². The summed E-state index contributed by atoms with van der Waals surface area (Å²) in [5.41, 5.74) is 6.04. The van der Waals surface area contributed by atoms with Gasteiger partial charge in [-0.05, 0) is 52.0 Å². The smallest absolute Gasteiger partial charge is 0.236 e. The van der Waals surface area contributed by atoms with Crippen molar-refractivity contribution >= 4 is 5.91 Å². The first-order valence-electron chi connectivity index (χ1n) is 8.89. The second-order valence-corrected chi connectivity index (χ2v) is 6.97. The summed E-state index contributed by atoms with van der Waals surface area (Å²) < 4.78 is 0. The van der Waals surface area contributed by atoms with Crippen LogP contribution in [0.3, 0.4) is 0 Å². The third kappa shape index (κ3) is 4.68. The molecule has 2 rings (SSSR count). The predicted octanol–water partition coefficient (Wildman–Crippen LogP) is 2.23. The maximum Gasteiger partial charge on any atom is 0.236 e. The molecule has 4 nitrogen and oxygen atoms in total. The third-order valence-corrected chi connectivity index (χ3v) is 5.32. The maximum absolute atomic E-state index is 12.7. The van der Waals surface area contributed by atoms with Crippen LogP contribution in [0.2, 0.25) is 0 Å². The van der Waals surface area contributed by atoms with Crippen molar-refractivity contribution in [1.82, 2.24) is 9.80 Å². The van der Waals surface area contributed by atoms with Crippen molar-refractivity contribution in [1.29, 1.82) is 0 Å². The summed E-state index contributed by atoms with van der Waals surface area (Å²) in [6.45, 7) is 7.70. The van der Waals surface area contributed by atoms with Crippen LogP contribution in [-0.4, -0.2) is 54.0 Å². The highest BCUT2D eigenvalue weighted by atomic mass is 16.2. The van der Waals surface area contributed by atoms with E-state index in [1.165, 1.54) is 44.9 Å². The second-order valence-electron chi connectivity index (χ2n) is 6.97. The average Bonchev–Trinajstić information content (AvgIpc) is 2.49. The number of nitrogens with two attached hydrogens (primary N) is 1. The van der Waals surface area contributed by atoms with Gasteiger partial charge in [0, 0.05) is 25.2 Å². The Morgan fingerprint density at radius 2 is 1.95 bits per heavy atom. The van der Waals surface area contributed by atoms with E-state index < -0.39 is 0 Å². The first-order chi connectivity index (χ1) is 10.1. The SMILES string of the molecule is CCN(C(=O)CN1CCCC(C(C)N)C1)C1CCCCC1. The van der Waals surface area contributed by atoms with Gasteiger partial charge >= 0.3 is 0 Å². The summed E-state index contributed by atoms with van der Waals surface area (Å²) in [4.78, 5) is 17.1. The third-order valence-electron chi connectivity index (χ3n) is 5.32. The van der Waals surface area contributed by atoms with Crippen LogP contribution in [-0.2, 0) is 4.79 Å². The van der Waals surface area contributed by atoms with Gasteiger partial charge in [-0.25, -0.2) is 0 Å². The molecule has 0 bridgehead atoms. The average molecular weight is 295 g/mol. The molecular formula is C17H33N3O. The molecule has 0 aromatic rings. The summed E-state index contributed by atoms with van der Waals surface area (Å²) in [7, 11) is 0. The van der Waals surface area contributed by atoms with Crippen LogP contribution >= 0.6 is 0 Å². The summed E-state index contributed by atoms with van der Waals surface area (Å²) in [5, 5.41) is 0. The van der Waals surface area contributed by atoms with Gasteiger partial charge in [-0.1, -0.05) is 19.3 Å². The molecule has 122 valence electrons. The Balaban J connectivity index is 1.86. The maximum atomic E-state index is 12.7. The van der Waals surface area contributed by atoms with Gasteiger partial charge in [-0.2, -0.15) is 0 Å². The van der Waals surface area contributed by atoms with Gasteiger partial charge in [-0.3, -0.25) is 9.69 Å². The van der Waals surface area contributed by atoms with Crippen LogP contribution in [0.4, 0.5) is 0 Å². The van der Waals surface area contributed by atoms with Crippen molar-refractivity contribution in [3.63, 3.8) is 0 Å². The van der Waals surface area contributed by atoms with Crippen molar-refractivity contribution in [2.24, 2.45) is 11.7 Å². The molecule has 2 aliphatic rings. The Morgan fingerprint density at radius 3 is 2.57 bits per heavy atom. The molecule has 2 unspecified atom stereocenters. The first-order valence-corrected chi connectivity index (χ1v) is 8.89. The van der Waals surface area contributed by atoms with E-state index in [4.69, 9.17) is 5.73 Å². The Kier molecular flexibility index (Phi) is 6.49. The Hall–Kier alpha value is -0.610. The number of likely N-dealkylation sites (N-methyl/N-ethyl adjacent to an activating group) is 1. The minimum absolute atomic E-state index is 0.239. The molecule has 1 amide bonds. The van der Waals surface area contributed by atoms with Gasteiger partial charge in [0.15, 0.2) is 0 Å². The molecule has 1 aliphatic heterocycles. The number of nitrogens with zero attached hydrogens (tertiary/aromatic N) is 2. The summed E-state index contributed by atoms with van der Waals surface area (Å²) in [5.74, 6) is 0.881. The van der Waals surface area contributed by atoms with Crippen molar-refractivity contribution in [2.75, 3.05) is 26.2 Å². The lowest BCUT2D eigenvalue weighted by atomic mass is 9.92. The minimum Gasteiger partial charge on any atom is -0.339 e. The fraction of sp³-hybridized carbons (Fsp3) is 0.941. The van der Waals surface area contributed by atoms with Crippen molar-refractivity contribution in [3.8, 4) is 0 Å². The first kappa shape index (κ1) is 16.8. The fourth-order valence-corrected chi connectivity index (χ4v) is 3.98. The van der Waals surface area contributed by atoms with Gasteiger partial charge < -0.3 is 10.6 Å². The molecule has 2 N–H and O–H groups in total. The van der Waals surface area contributed by atoms with Gasteiger partial charge in [0.2, 0.25) is 5.91 Å². The van der Waals surface area contributed by atoms with Crippen molar-refractivity contribution in [3.05, 3.63) is 0 Å². The lowest BCUT2D eigenvalue weighted by Gasteiger charge is -2.38. The van der Waals surface area contributed by atoms with Crippen LogP contribution in [0.15, 0.2) is 0 Å². The second kappa shape index (κ2) is 8.14. The number of amides is 1. The monoisotopic (exact) mass is 295 g/mol. The standard InChI is InChI=1S/C17H33N3O/c1-3-20(16-9-5-4-6-10-16)17(21)13-19-11-7-8-15(12-19)14(2)18/h14-16H,3-13,18H2,1-2H3. The lowest BCUT2D eigenvalue weighted by Crippen LogP contribution is -2.49. The zero-order chi connectivity index (χ0) is 15.2. The van der Waals surface area contributed by atoms with E-state index in [-0.39, 0.29) is 6.04 Å². The number of carbonyl (C=O) groups excluding carboxylic acids is 1. The summed E-state index contributed by atoms with van der Waals surface area (Å²) >= 11 is 0. The molecule has 0 radical (unpaired) electrons. The van der Waals surface area contributed by atoms with E-state index in [2.05, 4.69) is 23.6 Å². The molecule has 1 heterocycles. The lowest BCUT2D eigenvalue weighted by molar-refractivity contribution is -0.135. The zero-order valence-corrected chi connectivity index (χ0v) is 13.9. The van der Waals surface area contributed by atoms with E-state index in [0.717, 1.165) is 19.6 Å². The van der Waals surface area contributed by atoms with E-state index >= 15 is 0 Å². The molecule has 0 aromatic carbocycles. The predicted molar refractivity (Wildman–Crippen MR) is 87.1 cm³/mol. The molecule has 2 atom stereocenters. The molecule has 1 saturated carbocycles. The zero-order valence-electron chi connectivity index (χ0n) is 13.9. The van der Waals surface area contributed by atoms with E-state index in [0.29, 0.717) is 24.4 Å². The molecule has 0 aromatic heterocycles. The van der Waals surface area contributed by atoms with Crippen LogP contribution in [0.5, 0.6) is 0 Å². The van der Waals surface area contributed by atoms with Crippen molar-refractivity contribution < 1.29 is 4.79 Å². The highest BCUT2D eigenvalue weighted by Crippen LogP contribution is 2.23. The van der Waals surface area contributed by atoms with E-state index in [1.54, 1.807) is 0 Å². The van der Waals surface area contributed by atoms with Crippen molar-refractivity contribution in [2.45, 2.75) is 70.9 Å². The number of carbonyl (C=O) groups is 1. The quantitative estimate of drug-likeness (QED) is 0.846. The molecule has 4 heteroatoms. The fourth-order valence-electron chi connectivity index (χ4n) is 3.98. The Morgan fingerprint density at radius 1 is 1.24 bits per heavy atom. The summed E-state index contributed by atoms with van der Waals surface area (Å²) in [6, 6.07) is 0.730. The molecule has 1 saturated heterocycles. The van der Waals surface area contributed by atoms with Gasteiger partial charge in [0.1, 0.15) is 0 Å². The number of piperidine rings is 1. The van der Waals surface area contributed by atoms with Crippen LogP contribution in [0.25, 0.3) is 0 Å². The van der Waals surface area contributed by atoms with E-state index in [9.17, 15) is 4.79 Å². The number of hydrogen-bond donors (Lipinski definition) is 1. The molecule has 0 spiro atoms. The highest BCUT2D eigenvalue weighted by molar-refractivity contribution is 5.78. The van der Waals surface area contributed by atoms with Gasteiger partial charge in [0.25, 0.3) is 0 Å². The van der Waals surface area contributed by atoms with Crippen LogP contribution < -0.4 is 5.73 Å². The summed E-state index contributed by atoms with van der Waals surface area (Å²) in [6.07, 6.45) is 8.68. The number of hydrogen-bond acceptors (Lipinski definition) is 3. The normalized spacial score (nSPS) is 26.5. The number of likely N-dealkylation sites (tertiary alicyclic amines) is 1. The molecular weight excluding hydrogens is 262 g/mol. The van der Waals surface area contributed by atoms with Crippen LogP contribution in [0.1, 0.15) is 58.8 Å². The molecule has 21 heavy (non-hydrogen) atoms. The van der Waals surface area contributed by atoms with E-state index in [1.807, 2.05) is 0 Å². The largest absolute Gasteiger partial charge is 0.339 e. The molecule has 1 aliphatic carbocycles. The number of rotatable bonds is 5. The minimum atomic E-state index is 0.239.